The zero-order chi connectivity index (χ0) is 16.5. The van der Waals surface area contributed by atoms with E-state index in [0.717, 1.165) is 0 Å². The summed E-state index contributed by atoms with van der Waals surface area (Å²) in [6.45, 7) is 0. The minimum Gasteiger partial charge on any atom is -0.545 e. The van der Waals surface area contributed by atoms with E-state index in [1.54, 1.807) is 0 Å². The lowest BCUT2D eigenvalue weighted by Crippen LogP contribution is -2.29. The van der Waals surface area contributed by atoms with Crippen molar-refractivity contribution in [3.63, 3.8) is 0 Å². The van der Waals surface area contributed by atoms with Crippen molar-refractivity contribution in [3.05, 3.63) is 57.1 Å². The van der Waals surface area contributed by atoms with Crippen LogP contribution in [-0.2, 0) is 12.6 Å². The van der Waals surface area contributed by atoms with E-state index in [1.807, 2.05) is 0 Å². The van der Waals surface area contributed by atoms with Crippen molar-refractivity contribution in [1.82, 2.24) is 9.97 Å². The van der Waals surface area contributed by atoms with Gasteiger partial charge in [-0.25, -0.2) is 9.97 Å². The number of halogens is 5. The smallest absolute Gasteiger partial charge is 0.434 e. The maximum Gasteiger partial charge on any atom is 0.434 e. The second-order valence-corrected chi connectivity index (χ2v) is 5.03. The highest BCUT2D eigenvalue weighted by molar-refractivity contribution is 6.30. The first-order chi connectivity index (χ1) is 10.2. The fourth-order valence-corrected chi connectivity index (χ4v) is 2.13. The molecule has 0 radical (unpaired) electrons. The quantitative estimate of drug-likeness (QED) is 0.799. The first-order valence-electron chi connectivity index (χ1n) is 5.78. The zero-order valence-electron chi connectivity index (χ0n) is 10.6. The van der Waals surface area contributed by atoms with E-state index in [2.05, 4.69) is 9.97 Å². The largest absolute Gasteiger partial charge is 0.545 e. The molecule has 0 fully saturated rings. The molecule has 0 aliphatic rings. The Morgan fingerprint density at radius 3 is 2.23 bits per heavy atom. The maximum atomic E-state index is 12.9. The molecule has 1 aromatic heterocycles. The summed E-state index contributed by atoms with van der Waals surface area (Å²) in [5.74, 6) is -2.02. The van der Waals surface area contributed by atoms with Gasteiger partial charge >= 0.3 is 6.18 Å². The highest BCUT2D eigenvalue weighted by Crippen LogP contribution is 2.32. The molecule has 0 unspecified atom stereocenters. The lowest BCUT2D eigenvalue weighted by molar-refractivity contribution is -0.256. The minimum absolute atomic E-state index is 0.189. The number of hydrogen-bond donors (Lipinski definition) is 0. The highest BCUT2D eigenvalue weighted by Gasteiger charge is 2.37. The molecular weight excluding hydrogens is 344 g/mol. The summed E-state index contributed by atoms with van der Waals surface area (Å²) < 4.78 is 38.7. The van der Waals surface area contributed by atoms with Crippen LogP contribution in [0, 0.1) is 0 Å². The van der Waals surface area contributed by atoms with E-state index in [0.29, 0.717) is 10.6 Å². The monoisotopic (exact) mass is 349 g/mol. The molecule has 0 amide bonds. The third-order valence-electron chi connectivity index (χ3n) is 2.71. The lowest BCUT2D eigenvalue weighted by Gasteiger charge is -2.16. The number of aromatic carboxylic acids is 1. The van der Waals surface area contributed by atoms with Gasteiger partial charge in [-0.05, 0) is 29.3 Å². The van der Waals surface area contributed by atoms with Crippen LogP contribution >= 0.6 is 23.2 Å². The van der Waals surface area contributed by atoms with E-state index in [4.69, 9.17) is 23.2 Å². The predicted molar refractivity (Wildman–Crippen MR) is 70.6 cm³/mol. The molecule has 22 heavy (non-hydrogen) atoms. The van der Waals surface area contributed by atoms with E-state index < -0.39 is 28.7 Å². The van der Waals surface area contributed by atoms with Gasteiger partial charge in [-0.1, -0.05) is 23.7 Å². The van der Waals surface area contributed by atoms with Gasteiger partial charge in [-0.15, -0.1) is 0 Å². The first kappa shape index (κ1) is 16.5. The predicted octanol–water partition coefficient (Wildman–Crippen LogP) is 2.76. The van der Waals surface area contributed by atoms with Crippen molar-refractivity contribution in [1.29, 1.82) is 0 Å². The normalized spacial score (nSPS) is 11.5. The second kappa shape index (κ2) is 6.10. The summed E-state index contributed by atoms with van der Waals surface area (Å²) in [6, 6.07) is 6.10. The molecule has 1 heterocycles. The van der Waals surface area contributed by atoms with Gasteiger partial charge in [0.05, 0.1) is 17.2 Å². The van der Waals surface area contributed by atoms with Gasteiger partial charge in [-0.2, -0.15) is 13.2 Å². The Labute approximate surface area is 132 Å². The van der Waals surface area contributed by atoms with Gasteiger partial charge in [0.2, 0.25) is 5.28 Å². The van der Waals surface area contributed by atoms with Crippen molar-refractivity contribution in [2.45, 2.75) is 12.6 Å². The molecule has 1 aromatic carbocycles. The number of carboxylic acid groups (broad SMARTS) is 1. The average molecular weight is 350 g/mol. The van der Waals surface area contributed by atoms with Crippen molar-refractivity contribution in [3.8, 4) is 0 Å². The molecule has 4 nitrogen and oxygen atoms in total. The summed E-state index contributed by atoms with van der Waals surface area (Å²) in [7, 11) is 0. The number of carbonyl (C=O) groups excluding carboxylic acids is 1. The summed E-state index contributed by atoms with van der Waals surface area (Å²) in [5.41, 5.74) is -2.62. The Balaban J connectivity index is 2.57. The topological polar surface area (TPSA) is 65.9 Å². The molecule has 0 bridgehead atoms. The van der Waals surface area contributed by atoms with Crippen LogP contribution in [0.4, 0.5) is 13.2 Å². The summed E-state index contributed by atoms with van der Waals surface area (Å²) >= 11 is 11.2. The van der Waals surface area contributed by atoms with Gasteiger partial charge in [0.1, 0.15) is 0 Å². The second-order valence-electron chi connectivity index (χ2n) is 4.25. The number of benzene rings is 1. The van der Waals surface area contributed by atoms with Crippen LogP contribution in [-0.4, -0.2) is 15.9 Å². The van der Waals surface area contributed by atoms with Crippen molar-refractivity contribution in [2.24, 2.45) is 0 Å². The summed E-state index contributed by atoms with van der Waals surface area (Å²) in [6.07, 6.45) is -5.18. The molecule has 0 saturated carbocycles. The van der Waals surface area contributed by atoms with Gasteiger partial charge in [0.15, 0.2) is 5.69 Å². The molecule has 0 aliphatic heterocycles. The lowest BCUT2D eigenvalue weighted by atomic mass is 10.0. The molecule has 0 spiro atoms. The average Bonchev–Trinajstić information content (AvgIpc) is 2.39. The number of rotatable bonds is 3. The van der Waals surface area contributed by atoms with Crippen molar-refractivity contribution in [2.75, 3.05) is 0 Å². The Hall–Kier alpha value is -1.86. The number of aromatic nitrogens is 2. The molecule has 0 aliphatic carbocycles. The van der Waals surface area contributed by atoms with Gasteiger partial charge in [0, 0.05) is 11.4 Å². The van der Waals surface area contributed by atoms with E-state index in [1.165, 1.54) is 24.3 Å². The molecule has 0 atom stereocenters. The number of alkyl halides is 3. The van der Waals surface area contributed by atoms with Gasteiger partial charge in [0.25, 0.3) is 0 Å². The molecule has 2 aromatic rings. The van der Waals surface area contributed by atoms with Crippen LogP contribution in [0.15, 0.2) is 24.3 Å². The Morgan fingerprint density at radius 1 is 1.14 bits per heavy atom. The SMILES string of the molecule is O=C([O-])c1c(Cc2ccc(Cl)cc2)nc(Cl)nc1C(F)(F)F. The van der Waals surface area contributed by atoms with Gasteiger partial charge in [-0.3, -0.25) is 0 Å². The Kier molecular flexibility index (Phi) is 4.58. The maximum absolute atomic E-state index is 12.9. The highest BCUT2D eigenvalue weighted by atomic mass is 35.5. The zero-order valence-corrected chi connectivity index (χ0v) is 12.1. The Bertz CT molecular complexity index is 718. The molecular formula is C13H6Cl2F3N2O2-. The van der Waals surface area contributed by atoms with Crippen LogP contribution in [0.3, 0.4) is 0 Å². The molecule has 9 heteroatoms. The first-order valence-corrected chi connectivity index (χ1v) is 6.53. The third-order valence-corrected chi connectivity index (χ3v) is 3.14. The summed E-state index contributed by atoms with van der Waals surface area (Å²) in [5, 5.41) is 10.8. The number of hydrogen-bond acceptors (Lipinski definition) is 4. The van der Waals surface area contributed by atoms with Crippen LogP contribution < -0.4 is 5.11 Å². The molecule has 2 rings (SSSR count). The minimum atomic E-state index is -4.99. The van der Waals surface area contributed by atoms with E-state index in [9.17, 15) is 23.1 Å². The van der Waals surface area contributed by atoms with Crippen LogP contribution in [0.1, 0.15) is 27.3 Å². The van der Waals surface area contributed by atoms with Crippen molar-refractivity contribution < 1.29 is 23.1 Å². The number of carbonyl (C=O) groups is 1. The van der Waals surface area contributed by atoms with E-state index >= 15 is 0 Å². The summed E-state index contributed by atoms with van der Waals surface area (Å²) in [4.78, 5) is 17.6. The fraction of sp³-hybridized carbons (Fsp3) is 0.154. The van der Waals surface area contributed by atoms with Crippen LogP contribution in [0.2, 0.25) is 10.3 Å². The standard InChI is InChI=1S/C13H7Cl2F3N2O2/c14-7-3-1-6(2-4-7)5-8-9(11(21)22)10(13(16,17)18)20-12(15)19-8/h1-4H,5H2,(H,21,22)/p-1. The number of carboxylic acids is 1. The van der Waals surface area contributed by atoms with E-state index in [-0.39, 0.29) is 12.1 Å². The van der Waals surface area contributed by atoms with Crippen LogP contribution in [0.5, 0.6) is 0 Å². The van der Waals surface area contributed by atoms with Crippen LogP contribution in [0.25, 0.3) is 0 Å². The Morgan fingerprint density at radius 2 is 1.73 bits per heavy atom. The molecule has 0 saturated heterocycles. The molecule has 116 valence electrons. The van der Waals surface area contributed by atoms with Crippen molar-refractivity contribution >= 4 is 29.2 Å². The third kappa shape index (κ3) is 3.66. The fourth-order valence-electron chi connectivity index (χ4n) is 1.82. The van der Waals surface area contributed by atoms with Gasteiger partial charge < -0.3 is 9.90 Å². The molecule has 0 N–H and O–H groups in total. The number of nitrogens with zero attached hydrogens (tertiary/aromatic N) is 2.